The lowest BCUT2D eigenvalue weighted by molar-refractivity contribution is 0.0289. The predicted octanol–water partition coefficient (Wildman–Crippen LogP) is 3.55. The number of likely N-dealkylation sites (tertiary alicyclic amines) is 1. The number of hydrogen-bond donors (Lipinski definition) is 0. The molecule has 0 saturated carbocycles. The fourth-order valence-corrected chi connectivity index (χ4v) is 3.89. The van der Waals surface area contributed by atoms with Gasteiger partial charge in [0.1, 0.15) is 5.60 Å². The van der Waals surface area contributed by atoms with E-state index >= 15 is 0 Å². The first-order valence-electron chi connectivity index (χ1n) is 10.8. The van der Waals surface area contributed by atoms with E-state index in [1.54, 1.807) is 12.0 Å². The van der Waals surface area contributed by atoms with Crippen LogP contribution in [0.15, 0.2) is 34.4 Å². The van der Waals surface area contributed by atoms with Gasteiger partial charge >= 0.3 is 6.09 Å². The molecule has 8 heteroatoms. The van der Waals surface area contributed by atoms with E-state index < -0.39 is 5.60 Å². The molecule has 170 valence electrons. The van der Waals surface area contributed by atoms with Gasteiger partial charge in [-0.05, 0) is 63.8 Å². The Morgan fingerprint density at radius 3 is 2.52 bits per heavy atom. The summed E-state index contributed by atoms with van der Waals surface area (Å²) in [6, 6.07) is 8.10. The predicted molar refractivity (Wildman–Crippen MR) is 122 cm³/mol. The Kier molecular flexibility index (Phi) is 7.54. The van der Waals surface area contributed by atoms with E-state index in [1.807, 2.05) is 32.9 Å². The zero-order valence-electron chi connectivity index (χ0n) is 19.0. The van der Waals surface area contributed by atoms with Gasteiger partial charge in [0.2, 0.25) is 0 Å². The molecule has 2 atom stereocenters. The van der Waals surface area contributed by atoms with Crippen LogP contribution in [0.5, 0.6) is 0 Å². The number of ether oxygens (including phenoxy) is 2. The summed E-state index contributed by atoms with van der Waals surface area (Å²) < 4.78 is 10.9. The molecule has 2 saturated heterocycles. The highest BCUT2D eigenvalue weighted by molar-refractivity contribution is 5.94. The van der Waals surface area contributed by atoms with E-state index in [4.69, 9.17) is 14.3 Å². The van der Waals surface area contributed by atoms with E-state index in [9.17, 15) is 4.79 Å². The molecule has 1 aromatic rings. The van der Waals surface area contributed by atoms with Crippen LogP contribution in [-0.2, 0) is 14.3 Å². The number of carbonyl (C=O) groups is 1. The first-order valence-corrected chi connectivity index (χ1v) is 10.8. The largest absolute Gasteiger partial charge is 0.444 e. The van der Waals surface area contributed by atoms with E-state index in [0.717, 1.165) is 37.2 Å². The Morgan fingerprint density at radius 1 is 1.16 bits per heavy atom. The molecule has 0 bridgehead atoms. The van der Waals surface area contributed by atoms with Crippen LogP contribution in [0.1, 0.15) is 39.2 Å². The molecule has 1 amide bonds. The van der Waals surface area contributed by atoms with Gasteiger partial charge in [-0.3, -0.25) is 0 Å². The molecule has 2 heterocycles. The number of rotatable bonds is 6. The van der Waals surface area contributed by atoms with E-state index in [2.05, 4.69) is 33.9 Å². The smallest absolute Gasteiger partial charge is 0.410 e. The van der Waals surface area contributed by atoms with Gasteiger partial charge in [-0.15, -0.1) is 0 Å². The lowest BCUT2D eigenvalue weighted by atomic mass is 10.1. The van der Waals surface area contributed by atoms with Crippen molar-refractivity contribution in [3.63, 3.8) is 0 Å². The number of hydrogen-bond acceptors (Lipinski definition) is 7. The molecule has 0 aliphatic carbocycles. The van der Waals surface area contributed by atoms with Crippen molar-refractivity contribution in [2.24, 2.45) is 16.1 Å². The second kappa shape index (κ2) is 10.1. The van der Waals surface area contributed by atoms with Crippen LogP contribution in [0.4, 0.5) is 10.5 Å². The van der Waals surface area contributed by atoms with Crippen LogP contribution in [0.3, 0.4) is 0 Å². The van der Waals surface area contributed by atoms with Crippen molar-refractivity contribution >= 4 is 24.4 Å². The Hall–Kier alpha value is -2.61. The average molecular weight is 431 g/mol. The minimum absolute atomic E-state index is 0.255. The molecule has 2 aliphatic heterocycles. The van der Waals surface area contributed by atoms with Crippen molar-refractivity contribution in [2.45, 2.75) is 45.3 Å². The zero-order valence-corrected chi connectivity index (χ0v) is 19.0. The summed E-state index contributed by atoms with van der Waals surface area (Å²) in [5.74, 6) is 0.694. The quantitative estimate of drug-likeness (QED) is 0.392. The Bertz CT molecular complexity index is 788. The lowest BCUT2D eigenvalue weighted by Gasteiger charge is -2.24. The highest BCUT2D eigenvalue weighted by Crippen LogP contribution is 2.23. The normalized spacial score (nSPS) is 22.0. The van der Waals surface area contributed by atoms with E-state index in [-0.39, 0.29) is 18.1 Å². The van der Waals surface area contributed by atoms with Crippen LogP contribution in [0.25, 0.3) is 0 Å². The van der Waals surface area contributed by atoms with Gasteiger partial charge in [0.15, 0.2) is 0 Å². The number of anilines is 1. The highest BCUT2D eigenvalue weighted by Gasteiger charge is 2.30. The van der Waals surface area contributed by atoms with Crippen molar-refractivity contribution in [3.05, 3.63) is 29.8 Å². The standard InChI is InChI=1S/C23H34N4O4/c1-23(2,3)30-22(28)27-12-10-17(15-27)14-25-21(31-24-4)18-6-8-19(9-7-18)26-13-11-20(16-26)29-5/h6-9,17,20H,4,10-16H2,1-3,5H3. The van der Waals surface area contributed by atoms with E-state index in [1.165, 1.54) is 0 Å². The highest BCUT2D eigenvalue weighted by atomic mass is 16.6. The molecular formula is C23H34N4O4. The molecular weight excluding hydrogens is 396 g/mol. The molecule has 1 aromatic carbocycles. The van der Waals surface area contributed by atoms with Crippen molar-refractivity contribution < 1.29 is 19.1 Å². The van der Waals surface area contributed by atoms with E-state index in [0.29, 0.717) is 25.5 Å². The molecule has 0 aromatic heterocycles. The fraction of sp³-hybridized carbons (Fsp3) is 0.609. The summed E-state index contributed by atoms with van der Waals surface area (Å²) in [5.41, 5.74) is 1.51. The molecule has 0 spiro atoms. The minimum atomic E-state index is -0.490. The molecule has 2 fully saturated rings. The molecule has 31 heavy (non-hydrogen) atoms. The molecule has 2 unspecified atom stereocenters. The zero-order chi connectivity index (χ0) is 22.4. The summed E-state index contributed by atoms with van der Waals surface area (Å²) in [5, 5.41) is 3.57. The van der Waals surface area contributed by atoms with Gasteiger partial charge in [0, 0.05) is 57.8 Å². The van der Waals surface area contributed by atoms with Crippen LogP contribution in [0.2, 0.25) is 0 Å². The number of carbonyl (C=O) groups excluding carboxylic acids is 1. The fourth-order valence-electron chi connectivity index (χ4n) is 3.89. The Labute approximate surface area is 184 Å². The van der Waals surface area contributed by atoms with Crippen LogP contribution in [0, 0.1) is 5.92 Å². The second-order valence-electron chi connectivity index (χ2n) is 9.09. The first-order chi connectivity index (χ1) is 14.8. The number of aliphatic imine (C=N–C) groups is 1. The third-order valence-corrected chi connectivity index (χ3v) is 5.54. The van der Waals surface area contributed by atoms with Gasteiger partial charge in [0.05, 0.1) is 6.10 Å². The van der Waals surface area contributed by atoms with Crippen molar-refractivity contribution in [1.29, 1.82) is 0 Å². The Balaban J connectivity index is 1.59. The van der Waals surface area contributed by atoms with Crippen molar-refractivity contribution in [3.8, 4) is 0 Å². The number of amides is 1. The third-order valence-electron chi connectivity index (χ3n) is 5.54. The van der Waals surface area contributed by atoms with Crippen molar-refractivity contribution in [2.75, 3.05) is 44.7 Å². The number of methoxy groups -OCH3 is 1. The van der Waals surface area contributed by atoms with Crippen LogP contribution >= 0.6 is 0 Å². The lowest BCUT2D eigenvalue weighted by Crippen LogP contribution is -2.35. The summed E-state index contributed by atoms with van der Waals surface area (Å²) >= 11 is 0. The first kappa shape index (κ1) is 23.1. The molecule has 0 N–H and O–H groups in total. The summed E-state index contributed by atoms with van der Waals surface area (Å²) in [6.45, 7) is 12.8. The second-order valence-corrected chi connectivity index (χ2v) is 9.09. The monoisotopic (exact) mass is 430 g/mol. The molecule has 8 nitrogen and oxygen atoms in total. The third kappa shape index (κ3) is 6.43. The van der Waals surface area contributed by atoms with Gasteiger partial charge < -0.3 is 24.1 Å². The molecule has 2 aliphatic rings. The summed E-state index contributed by atoms with van der Waals surface area (Å²) in [7, 11) is 1.76. The number of benzene rings is 1. The molecule has 0 radical (unpaired) electrons. The topological polar surface area (TPSA) is 76.0 Å². The van der Waals surface area contributed by atoms with Gasteiger partial charge in [-0.1, -0.05) is 5.16 Å². The number of nitrogens with zero attached hydrogens (tertiary/aromatic N) is 4. The van der Waals surface area contributed by atoms with Gasteiger partial charge in [-0.25, -0.2) is 9.79 Å². The van der Waals surface area contributed by atoms with Crippen molar-refractivity contribution in [1.82, 2.24) is 4.90 Å². The number of oxime groups is 1. The maximum Gasteiger partial charge on any atom is 0.410 e. The summed E-state index contributed by atoms with van der Waals surface area (Å²) in [4.78, 5) is 26.3. The van der Waals surface area contributed by atoms with Gasteiger partial charge in [-0.2, -0.15) is 0 Å². The maximum atomic E-state index is 12.3. The minimum Gasteiger partial charge on any atom is -0.444 e. The molecule has 3 rings (SSSR count). The SMILES string of the molecule is C=NOC(=NCC1CCN(C(=O)OC(C)(C)C)C1)c1ccc(N2CCC(OC)C2)cc1. The summed E-state index contributed by atoms with van der Waals surface area (Å²) in [6.07, 6.45) is 1.94. The van der Waals surface area contributed by atoms with Crippen LogP contribution in [-0.4, -0.2) is 75.1 Å². The maximum absolute atomic E-state index is 12.3. The Morgan fingerprint density at radius 2 is 1.90 bits per heavy atom. The van der Waals surface area contributed by atoms with Crippen LogP contribution < -0.4 is 4.90 Å². The van der Waals surface area contributed by atoms with Gasteiger partial charge in [0.25, 0.3) is 5.90 Å². The average Bonchev–Trinajstić information content (AvgIpc) is 3.40.